The van der Waals surface area contributed by atoms with Crippen LogP contribution in [0.5, 0.6) is 11.5 Å². The smallest absolute Gasteiger partial charge is 0.122 e. The summed E-state index contributed by atoms with van der Waals surface area (Å²) in [6.45, 7) is 6.93. The summed E-state index contributed by atoms with van der Waals surface area (Å²) >= 11 is 0. The number of rotatable bonds is 8. The molecule has 7 nitrogen and oxygen atoms in total. The van der Waals surface area contributed by atoms with E-state index < -0.39 is 0 Å². The van der Waals surface area contributed by atoms with Crippen molar-refractivity contribution in [3.63, 3.8) is 0 Å². The maximum Gasteiger partial charge on any atom is 0.122 e. The minimum absolute atomic E-state index is 0.197. The SMILES string of the molecule is COc1cc(CN2CCN(Cc3cnn(C)c3C)C[C@H]2CCO)cc(OC)c1. The molecule has 2 heterocycles. The summed E-state index contributed by atoms with van der Waals surface area (Å²) in [6.07, 6.45) is 2.73. The van der Waals surface area contributed by atoms with Gasteiger partial charge >= 0.3 is 0 Å². The minimum atomic E-state index is 0.197. The number of hydrogen-bond acceptors (Lipinski definition) is 6. The second-order valence-electron chi connectivity index (χ2n) is 7.47. The van der Waals surface area contributed by atoms with Crippen LogP contribution >= 0.6 is 0 Å². The highest BCUT2D eigenvalue weighted by Crippen LogP contribution is 2.25. The van der Waals surface area contributed by atoms with Gasteiger partial charge in [-0.1, -0.05) is 0 Å². The van der Waals surface area contributed by atoms with Gasteiger partial charge in [0.2, 0.25) is 0 Å². The summed E-state index contributed by atoms with van der Waals surface area (Å²) in [5.41, 5.74) is 3.65. The van der Waals surface area contributed by atoms with Crippen LogP contribution in [0.25, 0.3) is 0 Å². The van der Waals surface area contributed by atoms with Gasteiger partial charge in [0.25, 0.3) is 0 Å². The Morgan fingerprint density at radius 2 is 1.82 bits per heavy atom. The average molecular weight is 389 g/mol. The van der Waals surface area contributed by atoms with Crippen LogP contribution in [0.2, 0.25) is 0 Å². The van der Waals surface area contributed by atoms with Gasteiger partial charge in [0.15, 0.2) is 0 Å². The summed E-state index contributed by atoms with van der Waals surface area (Å²) in [5.74, 6) is 1.61. The molecule has 2 aromatic rings. The molecule has 3 rings (SSSR count). The summed E-state index contributed by atoms with van der Waals surface area (Å²) in [4.78, 5) is 4.92. The van der Waals surface area contributed by atoms with Crippen molar-refractivity contribution in [3.05, 3.63) is 41.2 Å². The highest BCUT2D eigenvalue weighted by Gasteiger charge is 2.27. The molecule has 1 saturated heterocycles. The van der Waals surface area contributed by atoms with E-state index in [0.717, 1.165) is 56.2 Å². The van der Waals surface area contributed by atoms with E-state index in [2.05, 4.69) is 34.0 Å². The van der Waals surface area contributed by atoms with Crippen molar-refractivity contribution in [3.8, 4) is 11.5 Å². The van der Waals surface area contributed by atoms with Crippen LogP contribution in [-0.4, -0.2) is 71.2 Å². The van der Waals surface area contributed by atoms with Gasteiger partial charge in [-0.15, -0.1) is 0 Å². The van der Waals surface area contributed by atoms with E-state index in [1.54, 1.807) is 14.2 Å². The molecule has 0 amide bonds. The van der Waals surface area contributed by atoms with Crippen LogP contribution in [0, 0.1) is 6.92 Å². The predicted molar refractivity (Wildman–Crippen MR) is 109 cm³/mol. The van der Waals surface area contributed by atoms with Crippen molar-refractivity contribution in [1.82, 2.24) is 19.6 Å². The number of nitrogens with zero attached hydrogens (tertiary/aromatic N) is 4. The van der Waals surface area contributed by atoms with Gasteiger partial charge in [-0.25, -0.2) is 0 Å². The summed E-state index contributed by atoms with van der Waals surface area (Å²) in [5, 5.41) is 13.9. The first-order chi connectivity index (χ1) is 13.5. The second kappa shape index (κ2) is 9.41. The lowest BCUT2D eigenvalue weighted by molar-refractivity contribution is 0.0498. The number of ether oxygens (including phenoxy) is 2. The predicted octanol–water partition coefficient (Wildman–Crippen LogP) is 1.81. The third-order valence-electron chi connectivity index (χ3n) is 5.68. The standard InChI is InChI=1S/C21H32N4O3/c1-16-18(12-22-23(16)2)14-24-6-7-25(19(15-24)5-8-26)13-17-9-20(27-3)11-21(10-17)28-4/h9-12,19,26H,5-8,13-15H2,1-4H3/t19-/m1/s1. The summed E-state index contributed by atoms with van der Waals surface area (Å²) in [6, 6.07) is 6.32. The maximum absolute atomic E-state index is 9.59. The zero-order chi connectivity index (χ0) is 20.1. The summed E-state index contributed by atoms with van der Waals surface area (Å²) in [7, 11) is 5.33. The van der Waals surface area contributed by atoms with Crippen LogP contribution in [0.1, 0.15) is 23.2 Å². The van der Waals surface area contributed by atoms with Gasteiger partial charge in [0.1, 0.15) is 11.5 Å². The summed E-state index contributed by atoms with van der Waals surface area (Å²) < 4.78 is 12.7. The molecule has 0 unspecified atom stereocenters. The monoisotopic (exact) mass is 388 g/mol. The first-order valence-corrected chi connectivity index (χ1v) is 9.80. The number of benzene rings is 1. The van der Waals surface area contributed by atoms with Gasteiger partial charge in [-0.3, -0.25) is 14.5 Å². The van der Waals surface area contributed by atoms with E-state index in [9.17, 15) is 5.11 Å². The van der Waals surface area contributed by atoms with Crippen molar-refractivity contribution >= 4 is 0 Å². The lowest BCUT2D eigenvalue weighted by Crippen LogP contribution is -2.52. The lowest BCUT2D eigenvalue weighted by atomic mass is 10.1. The zero-order valence-electron chi connectivity index (χ0n) is 17.4. The molecule has 154 valence electrons. The van der Waals surface area contributed by atoms with Gasteiger partial charge in [-0.2, -0.15) is 5.10 Å². The number of hydrogen-bond donors (Lipinski definition) is 1. The Labute approximate surface area is 167 Å². The normalized spacial score (nSPS) is 18.4. The molecule has 28 heavy (non-hydrogen) atoms. The average Bonchev–Trinajstić information content (AvgIpc) is 3.02. The van der Waals surface area contributed by atoms with Crippen LogP contribution in [0.3, 0.4) is 0 Å². The minimum Gasteiger partial charge on any atom is -0.497 e. The molecule has 0 radical (unpaired) electrons. The van der Waals surface area contributed by atoms with E-state index in [1.807, 2.05) is 24.0 Å². The van der Waals surface area contributed by atoms with E-state index >= 15 is 0 Å². The van der Waals surface area contributed by atoms with Crippen LogP contribution in [0.15, 0.2) is 24.4 Å². The maximum atomic E-state index is 9.59. The molecule has 1 aliphatic heterocycles. The van der Waals surface area contributed by atoms with Gasteiger partial charge in [0, 0.05) is 69.7 Å². The first kappa shape index (κ1) is 20.6. The van der Waals surface area contributed by atoms with Crippen molar-refractivity contribution in [2.45, 2.75) is 32.5 Å². The van der Waals surface area contributed by atoms with E-state index in [4.69, 9.17) is 9.47 Å². The number of aryl methyl sites for hydroxylation is 1. The molecule has 7 heteroatoms. The van der Waals surface area contributed by atoms with Gasteiger partial charge in [-0.05, 0) is 31.0 Å². The molecule has 1 N–H and O–H groups in total. The fourth-order valence-electron chi connectivity index (χ4n) is 3.86. The quantitative estimate of drug-likeness (QED) is 0.744. The first-order valence-electron chi connectivity index (χ1n) is 9.80. The van der Waals surface area contributed by atoms with Crippen molar-refractivity contribution in [1.29, 1.82) is 0 Å². The van der Waals surface area contributed by atoms with E-state index in [0.29, 0.717) is 6.04 Å². The number of aliphatic hydroxyl groups is 1. The highest BCUT2D eigenvalue weighted by molar-refractivity contribution is 5.38. The van der Waals surface area contributed by atoms with E-state index in [-0.39, 0.29) is 6.61 Å². The molecule has 0 saturated carbocycles. The number of aromatic nitrogens is 2. The highest BCUT2D eigenvalue weighted by atomic mass is 16.5. The molecule has 0 aliphatic carbocycles. The third kappa shape index (κ3) is 4.84. The number of piperazine rings is 1. The molecule has 1 fully saturated rings. The zero-order valence-corrected chi connectivity index (χ0v) is 17.4. The van der Waals surface area contributed by atoms with E-state index in [1.165, 1.54) is 11.3 Å². The van der Waals surface area contributed by atoms with Gasteiger partial charge in [0.05, 0.1) is 20.4 Å². The third-order valence-corrected chi connectivity index (χ3v) is 5.68. The van der Waals surface area contributed by atoms with Gasteiger partial charge < -0.3 is 14.6 Å². The molecule has 1 aromatic carbocycles. The number of aliphatic hydroxyl groups excluding tert-OH is 1. The fraction of sp³-hybridized carbons (Fsp3) is 0.571. The Bertz CT molecular complexity index is 755. The van der Waals surface area contributed by atoms with Crippen molar-refractivity contribution in [2.75, 3.05) is 40.5 Å². The second-order valence-corrected chi connectivity index (χ2v) is 7.47. The van der Waals surface area contributed by atoms with Crippen LogP contribution < -0.4 is 9.47 Å². The molecule has 1 atom stereocenters. The Balaban J connectivity index is 1.68. The lowest BCUT2D eigenvalue weighted by Gasteiger charge is -2.41. The topological polar surface area (TPSA) is 63.0 Å². The Hall–Kier alpha value is -2.09. The number of methoxy groups -OCH3 is 2. The van der Waals surface area contributed by atoms with Crippen molar-refractivity contribution < 1.29 is 14.6 Å². The molecular weight excluding hydrogens is 356 g/mol. The van der Waals surface area contributed by atoms with Crippen molar-refractivity contribution in [2.24, 2.45) is 7.05 Å². The van der Waals surface area contributed by atoms with Crippen LogP contribution in [-0.2, 0) is 20.1 Å². The molecular formula is C21H32N4O3. The Morgan fingerprint density at radius 3 is 2.39 bits per heavy atom. The largest absolute Gasteiger partial charge is 0.497 e. The molecule has 1 aromatic heterocycles. The molecule has 1 aliphatic rings. The fourth-order valence-corrected chi connectivity index (χ4v) is 3.86. The Kier molecular flexibility index (Phi) is 6.93. The molecule has 0 bridgehead atoms. The Morgan fingerprint density at radius 1 is 1.11 bits per heavy atom. The van der Waals surface area contributed by atoms with Crippen LogP contribution in [0.4, 0.5) is 0 Å². The molecule has 0 spiro atoms.